The first kappa shape index (κ1) is 11.0. The maximum absolute atomic E-state index is 11.9. The van der Waals surface area contributed by atoms with E-state index in [4.69, 9.17) is 0 Å². The third-order valence-electron chi connectivity index (χ3n) is 2.14. The maximum Gasteiger partial charge on any atom is 0.168 e. The van der Waals surface area contributed by atoms with Gasteiger partial charge in [0, 0.05) is 23.3 Å². The fraction of sp³-hybridized carbons (Fsp3) is 0.182. The van der Waals surface area contributed by atoms with Crippen LogP contribution in [0, 0.1) is 0 Å². The lowest BCUT2D eigenvalue weighted by Crippen LogP contribution is -2.03. The molecule has 0 amide bonds. The topological polar surface area (TPSA) is 47.8 Å². The third kappa shape index (κ3) is 2.55. The average molecular weight is 280 g/mol. The van der Waals surface area contributed by atoms with Crippen LogP contribution in [-0.2, 0) is 13.5 Å². The first-order valence-corrected chi connectivity index (χ1v) is 5.58. The Balaban J connectivity index is 2.14. The summed E-state index contributed by atoms with van der Waals surface area (Å²) in [6, 6.07) is 7.33. The van der Waals surface area contributed by atoms with Gasteiger partial charge >= 0.3 is 0 Å². The molecule has 1 aromatic carbocycles. The van der Waals surface area contributed by atoms with Gasteiger partial charge in [-0.1, -0.05) is 33.3 Å². The van der Waals surface area contributed by atoms with Gasteiger partial charge in [-0.2, -0.15) is 0 Å². The molecule has 0 atom stereocenters. The van der Waals surface area contributed by atoms with E-state index in [9.17, 15) is 4.79 Å². The molecule has 0 fully saturated rings. The zero-order valence-electron chi connectivity index (χ0n) is 8.72. The van der Waals surface area contributed by atoms with Crippen molar-refractivity contribution in [2.24, 2.45) is 7.05 Å². The van der Waals surface area contributed by atoms with Crippen molar-refractivity contribution in [1.29, 1.82) is 0 Å². The molecular weight excluding hydrogens is 270 g/mol. The van der Waals surface area contributed by atoms with Crippen LogP contribution in [0.3, 0.4) is 0 Å². The Morgan fingerprint density at radius 3 is 2.94 bits per heavy atom. The van der Waals surface area contributed by atoms with Gasteiger partial charge in [0.15, 0.2) is 5.78 Å². The molecule has 1 aromatic heterocycles. The van der Waals surface area contributed by atoms with E-state index in [1.807, 2.05) is 12.1 Å². The van der Waals surface area contributed by atoms with E-state index in [0.717, 1.165) is 4.47 Å². The summed E-state index contributed by atoms with van der Waals surface area (Å²) in [7, 11) is 1.78. The first-order chi connectivity index (χ1) is 7.65. The smallest absolute Gasteiger partial charge is 0.168 e. The number of nitrogens with zero attached hydrogens (tertiary/aromatic N) is 3. The number of aryl methyl sites for hydroxylation is 1. The van der Waals surface area contributed by atoms with Crippen LogP contribution in [0.2, 0.25) is 0 Å². The monoisotopic (exact) mass is 279 g/mol. The number of carbonyl (C=O) groups is 1. The van der Waals surface area contributed by atoms with E-state index in [-0.39, 0.29) is 12.2 Å². The fourth-order valence-electron chi connectivity index (χ4n) is 1.40. The molecule has 0 aliphatic rings. The zero-order valence-corrected chi connectivity index (χ0v) is 10.3. The van der Waals surface area contributed by atoms with Gasteiger partial charge in [0.25, 0.3) is 0 Å². The predicted molar refractivity (Wildman–Crippen MR) is 63.2 cm³/mol. The molecule has 0 radical (unpaired) electrons. The summed E-state index contributed by atoms with van der Waals surface area (Å²) in [5, 5.41) is 7.67. The fourth-order valence-corrected chi connectivity index (χ4v) is 1.80. The van der Waals surface area contributed by atoms with E-state index in [1.165, 1.54) is 0 Å². The second-order valence-electron chi connectivity index (χ2n) is 3.49. The molecule has 4 nitrogen and oxygen atoms in total. The highest BCUT2D eigenvalue weighted by atomic mass is 79.9. The molecule has 2 aromatic rings. The van der Waals surface area contributed by atoms with Crippen molar-refractivity contribution in [3.63, 3.8) is 0 Å². The van der Waals surface area contributed by atoms with Gasteiger partial charge in [-0.25, -0.2) is 0 Å². The number of ketones is 1. The van der Waals surface area contributed by atoms with Gasteiger partial charge in [0.2, 0.25) is 0 Å². The second kappa shape index (κ2) is 4.57. The number of rotatable bonds is 3. The highest BCUT2D eigenvalue weighted by molar-refractivity contribution is 9.10. The molecule has 0 bridgehead atoms. The number of halogens is 1. The summed E-state index contributed by atoms with van der Waals surface area (Å²) in [6.07, 6.45) is 2.03. The Hall–Kier alpha value is -1.49. The molecule has 16 heavy (non-hydrogen) atoms. The summed E-state index contributed by atoms with van der Waals surface area (Å²) in [5.74, 6) is 0.0433. The summed E-state index contributed by atoms with van der Waals surface area (Å²) >= 11 is 3.34. The molecule has 0 spiro atoms. The first-order valence-electron chi connectivity index (χ1n) is 4.79. The minimum Gasteiger partial charge on any atom is -0.294 e. The van der Waals surface area contributed by atoms with Crippen molar-refractivity contribution >= 4 is 21.7 Å². The summed E-state index contributed by atoms with van der Waals surface area (Å²) in [5.41, 5.74) is 1.37. The van der Waals surface area contributed by atoms with Crippen molar-refractivity contribution in [2.75, 3.05) is 0 Å². The largest absolute Gasteiger partial charge is 0.294 e. The highest BCUT2D eigenvalue weighted by Gasteiger charge is 2.09. The van der Waals surface area contributed by atoms with Gasteiger partial charge in [0.05, 0.1) is 12.1 Å². The van der Waals surface area contributed by atoms with Gasteiger partial charge in [-0.3, -0.25) is 9.48 Å². The van der Waals surface area contributed by atoms with Crippen LogP contribution in [0.1, 0.15) is 16.1 Å². The van der Waals surface area contributed by atoms with Crippen LogP contribution < -0.4 is 0 Å². The molecule has 0 unspecified atom stereocenters. The Morgan fingerprint density at radius 1 is 1.50 bits per heavy atom. The zero-order chi connectivity index (χ0) is 11.5. The van der Waals surface area contributed by atoms with Crippen LogP contribution in [-0.4, -0.2) is 20.8 Å². The average Bonchev–Trinajstić information content (AvgIpc) is 2.64. The van der Waals surface area contributed by atoms with Gasteiger partial charge in [0.1, 0.15) is 0 Å². The van der Waals surface area contributed by atoms with E-state index in [1.54, 1.807) is 30.1 Å². The minimum absolute atomic E-state index is 0.0433. The van der Waals surface area contributed by atoms with Gasteiger partial charge < -0.3 is 0 Å². The van der Waals surface area contributed by atoms with Crippen LogP contribution in [0.15, 0.2) is 34.9 Å². The highest BCUT2D eigenvalue weighted by Crippen LogP contribution is 2.13. The van der Waals surface area contributed by atoms with Crippen LogP contribution >= 0.6 is 15.9 Å². The molecule has 0 aliphatic carbocycles. The van der Waals surface area contributed by atoms with Crippen molar-refractivity contribution in [1.82, 2.24) is 15.0 Å². The van der Waals surface area contributed by atoms with Crippen molar-refractivity contribution in [3.05, 3.63) is 46.2 Å². The lowest BCUT2D eigenvalue weighted by Gasteiger charge is -1.98. The Labute approximate surface area is 101 Å². The van der Waals surface area contributed by atoms with E-state index in [2.05, 4.69) is 26.2 Å². The summed E-state index contributed by atoms with van der Waals surface area (Å²) < 4.78 is 2.49. The standard InChI is InChI=1S/C11H10BrN3O/c1-15-7-10(13-14-15)6-11(16)8-3-2-4-9(12)5-8/h2-5,7H,6H2,1H3. The quantitative estimate of drug-likeness (QED) is 0.808. The molecule has 5 heteroatoms. The molecule has 0 saturated carbocycles. The Morgan fingerprint density at radius 2 is 2.31 bits per heavy atom. The SMILES string of the molecule is Cn1cc(CC(=O)c2cccc(Br)c2)nn1. The van der Waals surface area contributed by atoms with Crippen molar-refractivity contribution in [2.45, 2.75) is 6.42 Å². The molecular formula is C11H10BrN3O. The van der Waals surface area contributed by atoms with Gasteiger partial charge in [-0.15, -0.1) is 5.10 Å². The van der Waals surface area contributed by atoms with Gasteiger partial charge in [-0.05, 0) is 12.1 Å². The summed E-state index contributed by atoms with van der Waals surface area (Å²) in [4.78, 5) is 11.9. The van der Waals surface area contributed by atoms with Crippen LogP contribution in [0.5, 0.6) is 0 Å². The lowest BCUT2D eigenvalue weighted by atomic mass is 10.1. The third-order valence-corrected chi connectivity index (χ3v) is 2.63. The molecule has 0 N–H and O–H groups in total. The number of hydrogen-bond donors (Lipinski definition) is 0. The number of hydrogen-bond acceptors (Lipinski definition) is 3. The maximum atomic E-state index is 11.9. The van der Waals surface area contributed by atoms with Crippen molar-refractivity contribution in [3.8, 4) is 0 Å². The summed E-state index contributed by atoms with van der Waals surface area (Å²) in [6.45, 7) is 0. The normalized spacial score (nSPS) is 10.4. The minimum atomic E-state index is 0.0433. The molecule has 1 heterocycles. The van der Waals surface area contributed by atoms with Crippen LogP contribution in [0.4, 0.5) is 0 Å². The lowest BCUT2D eigenvalue weighted by molar-refractivity contribution is 0.0992. The second-order valence-corrected chi connectivity index (χ2v) is 4.41. The number of Topliss-reactive ketones (excluding diaryl/α,β-unsaturated/α-hetero) is 1. The van der Waals surface area contributed by atoms with E-state index < -0.39 is 0 Å². The van der Waals surface area contributed by atoms with Crippen LogP contribution in [0.25, 0.3) is 0 Å². The molecule has 2 rings (SSSR count). The molecule has 82 valence electrons. The Bertz CT molecular complexity index is 521. The van der Waals surface area contributed by atoms with E-state index >= 15 is 0 Å². The number of carbonyl (C=O) groups excluding carboxylic acids is 1. The predicted octanol–water partition coefficient (Wildman–Crippen LogP) is 2.00. The molecule has 0 aliphatic heterocycles. The Kier molecular flexibility index (Phi) is 3.14. The van der Waals surface area contributed by atoms with E-state index in [0.29, 0.717) is 11.3 Å². The number of aromatic nitrogens is 3. The molecule has 0 saturated heterocycles. The van der Waals surface area contributed by atoms with Crippen molar-refractivity contribution < 1.29 is 4.79 Å². The number of benzene rings is 1.